The highest BCUT2D eigenvalue weighted by Gasteiger charge is 2.29. The number of piperidine rings is 1. The molecule has 152 valence electrons. The van der Waals surface area contributed by atoms with Gasteiger partial charge < -0.3 is 14.6 Å². The molecule has 3 heterocycles. The third kappa shape index (κ3) is 4.18. The SMILES string of the molecule is CS(=O)(=O)c1ccc2nc(NC(=O)C3CCN(C(=O)c4ccco4)CC3)sc2c1. The molecule has 0 saturated carbocycles. The predicted molar refractivity (Wildman–Crippen MR) is 109 cm³/mol. The van der Waals surface area contributed by atoms with Crippen molar-refractivity contribution in [1.29, 1.82) is 0 Å². The molecule has 1 aromatic carbocycles. The number of anilines is 1. The molecule has 0 bridgehead atoms. The van der Waals surface area contributed by atoms with Crippen LogP contribution in [0.1, 0.15) is 23.4 Å². The standard InChI is InChI=1S/C19H19N3O5S2/c1-29(25,26)13-4-5-14-16(11-13)28-19(20-14)21-17(23)12-6-8-22(9-7-12)18(24)15-3-2-10-27-15/h2-5,10-12H,6-9H2,1H3,(H,20,21,23). The fraction of sp³-hybridized carbons (Fsp3) is 0.316. The molecule has 0 aliphatic carbocycles. The van der Waals surface area contributed by atoms with Gasteiger partial charge in [-0.1, -0.05) is 11.3 Å². The van der Waals surface area contributed by atoms with Gasteiger partial charge in [-0.2, -0.15) is 0 Å². The molecule has 1 saturated heterocycles. The summed E-state index contributed by atoms with van der Waals surface area (Å²) < 4.78 is 29.2. The van der Waals surface area contributed by atoms with E-state index in [-0.39, 0.29) is 22.6 Å². The van der Waals surface area contributed by atoms with Crippen molar-refractivity contribution in [3.05, 3.63) is 42.4 Å². The average molecular weight is 434 g/mol. The Morgan fingerprint density at radius 3 is 2.66 bits per heavy atom. The van der Waals surface area contributed by atoms with Crippen LogP contribution in [0.25, 0.3) is 10.2 Å². The van der Waals surface area contributed by atoms with Crippen LogP contribution in [-0.4, -0.2) is 49.5 Å². The number of sulfone groups is 1. The van der Waals surface area contributed by atoms with Gasteiger partial charge in [-0.05, 0) is 43.2 Å². The molecule has 0 spiro atoms. The van der Waals surface area contributed by atoms with Gasteiger partial charge in [-0.25, -0.2) is 13.4 Å². The van der Waals surface area contributed by atoms with E-state index in [9.17, 15) is 18.0 Å². The first-order valence-electron chi connectivity index (χ1n) is 9.05. The van der Waals surface area contributed by atoms with Crippen LogP contribution in [0, 0.1) is 5.92 Å². The normalized spacial score (nSPS) is 15.6. The number of benzene rings is 1. The van der Waals surface area contributed by atoms with Crippen molar-refractivity contribution in [2.45, 2.75) is 17.7 Å². The molecular weight excluding hydrogens is 414 g/mol. The van der Waals surface area contributed by atoms with Crippen LogP contribution in [0.4, 0.5) is 5.13 Å². The predicted octanol–water partition coefficient (Wildman–Crippen LogP) is 2.78. The number of fused-ring (bicyclic) bond motifs is 1. The first kappa shape index (κ1) is 19.6. The van der Waals surface area contributed by atoms with E-state index in [1.165, 1.54) is 23.7 Å². The van der Waals surface area contributed by atoms with Gasteiger partial charge in [0, 0.05) is 25.3 Å². The second-order valence-corrected chi connectivity index (χ2v) is 10.0. The number of aromatic nitrogens is 1. The zero-order valence-electron chi connectivity index (χ0n) is 15.6. The first-order chi connectivity index (χ1) is 13.8. The van der Waals surface area contributed by atoms with Gasteiger partial charge in [0.1, 0.15) is 0 Å². The Morgan fingerprint density at radius 1 is 1.24 bits per heavy atom. The van der Waals surface area contributed by atoms with Gasteiger partial charge in [-0.15, -0.1) is 0 Å². The number of nitrogens with zero attached hydrogens (tertiary/aromatic N) is 2. The minimum atomic E-state index is -3.30. The largest absolute Gasteiger partial charge is 0.459 e. The smallest absolute Gasteiger partial charge is 0.289 e. The lowest BCUT2D eigenvalue weighted by Gasteiger charge is -2.30. The number of carbonyl (C=O) groups is 2. The van der Waals surface area contributed by atoms with Crippen LogP contribution in [0.5, 0.6) is 0 Å². The zero-order valence-corrected chi connectivity index (χ0v) is 17.3. The van der Waals surface area contributed by atoms with E-state index in [1.54, 1.807) is 29.2 Å². The second kappa shape index (κ2) is 7.60. The van der Waals surface area contributed by atoms with Crippen molar-refractivity contribution in [1.82, 2.24) is 9.88 Å². The van der Waals surface area contributed by atoms with E-state index in [4.69, 9.17) is 4.42 Å². The molecule has 1 fully saturated rings. The number of carbonyl (C=O) groups excluding carboxylic acids is 2. The minimum absolute atomic E-state index is 0.141. The van der Waals surface area contributed by atoms with E-state index in [0.29, 0.717) is 47.0 Å². The summed E-state index contributed by atoms with van der Waals surface area (Å²) in [4.78, 5) is 31.2. The molecule has 1 aliphatic heterocycles. The van der Waals surface area contributed by atoms with E-state index in [1.807, 2.05) is 0 Å². The van der Waals surface area contributed by atoms with Gasteiger partial charge in [-0.3, -0.25) is 9.59 Å². The highest BCUT2D eigenvalue weighted by Crippen LogP contribution is 2.29. The first-order valence-corrected chi connectivity index (χ1v) is 11.8. The third-order valence-electron chi connectivity index (χ3n) is 4.90. The fourth-order valence-electron chi connectivity index (χ4n) is 3.30. The lowest BCUT2D eigenvalue weighted by molar-refractivity contribution is -0.121. The summed E-state index contributed by atoms with van der Waals surface area (Å²) in [6.07, 6.45) is 3.73. The van der Waals surface area contributed by atoms with Crippen LogP contribution in [0.2, 0.25) is 0 Å². The Bertz CT molecular complexity index is 1160. The Labute approximate surface area is 171 Å². The molecule has 8 nitrogen and oxygen atoms in total. The molecule has 0 radical (unpaired) electrons. The molecule has 29 heavy (non-hydrogen) atoms. The number of thiazole rings is 1. The van der Waals surface area contributed by atoms with Crippen LogP contribution in [0.15, 0.2) is 45.9 Å². The number of hydrogen-bond donors (Lipinski definition) is 1. The highest BCUT2D eigenvalue weighted by molar-refractivity contribution is 7.90. The molecule has 2 amide bonds. The number of amides is 2. The maximum absolute atomic E-state index is 12.6. The Balaban J connectivity index is 1.39. The van der Waals surface area contributed by atoms with Crippen LogP contribution < -0.4 is 5.32 Å². The summed E-state index contributed by atoms with van der Waals surface area (Å²) in [7, 11) is -3.30. The van der Waals surface area contributed by atoms with E-state index in [0.717, 1.165) is 6.26 Å². The quantitative estimate of drug-likeness (QED) is 0.678. The van der Waals surface area contributed by atoms with Gasteiger partial charge in [0.15, 0.2) is 20.7 Å². The highest BCUT2D eigenvalue weighted by atomic mass is 32.2. The van der Waals surface area contributed by atoms with Crippen molar-refractivity contribution >= 4 is 48.3 Å². The van der Waals surface area contributed by atoms with Gasteiger partial charge >= 0.3 is 0 Å². The average Bonchev–Trinajstić information content (AvgIpc) is 3.35. The number of nitrogens with one attached hydrogen (secondary N) is 1. The van der Waals surface area contributed by atoms with E-state index >= 15 is 0 Å². The van der Waals surface area contributed by atoms with Crippen molar-refractivity contribution in [2.24, 2.45) is 5.92 Å². The number of likely N-dealkylation sites (tertiary alicyclic amines) is 1. The van der Waals surface area contributed by atoms with Gasteiger partial charge in [0.2, 0.25) is 5.91 Å². The molecular formula is C19H19N3O5S2. The van der Waals surface area contributed by atoms with E-state index < -0.39 is 9.84 Å². The summed E-state index contributed by atoms with van der Waals surface area (Å²) in [5.41, 5.74) is 0.636. The lowest BCUT2D eigenvalue weighted by Crippen LogP contribution is -2.41. The van der Waals surface area contributed by atoms with Crippen LogP contribution >= 0.6 is 11.3 Å². The Kier molecular flexibility index (Phi) is 5.13. The monoisotopic (exact) mass is 433 g/mol. The molecule has 3 aromatic rings. The maximum Gasteiger partial charge on any atom is 0.289 e. The molecule has 10 heteroatoms. The summed E-state index contributed by atoms with van der Waals surface area (Å²) in [6, 6.07) is 8.01. The lowest BCUT2D eigenvalue weighted by atomic mass is 9.96. The summed E-state index contributed by atoms with van der Waals surface area (Å²) >= 11 is 1.24. The van der Waals surface area contributed by atoms with Gasteiger partial charge in [0.25, 0.3) is 5.91 Å². The fourth-order valence-corrected chi connectivity index (χ4v) is 4.93. The molecule has 1 N–H and O–H groups in total. The Hall–Kier alpha value is -2.72. The van der Waals surface area contributed by atoms with Gasteiger partial charge in [0.05, 0.1) is 21.4 Å². The summed E-state index contributed by atoms with van der Waals surface area (Å²) in [5.74, 6) is -0.218. The second-order valence-electron chi connectivity index (χ2n) is 6.95. The van der Waals surface area contributed by atoms with Crippen molar-refractivity contribution in [3.63, 3.8) is 0 Å². The van der Waals surface area contributed by atoms with Crippen molar-refractivity contribution in [3.8, 4) is 0 Å². The van der Waals surface area contributed by atoms with Crippen molar-refractivity contribution < 1.29 is 22.4 Å². The number of rotatable bonds is 4. The summed E-state index contributed by atoms with van der Waals surface area (Å²) in [5, 5.41) is 3.26. The summed E-state index contributed by atoms with van der Waals surface area (Å²) in [6.45, 7) is 0.963. The third-order valence-corrected chi connectivity index (χ3v) is 6.95. The maximum atomic E-state index is 12.6. The van der Waals surface area contributed by atoms with E-state index in [2.05, 4.69) is 10.3 Å². The topological polar surface area (TPSA) is 110 Å². The van der Waals surface area contributed by atoms with Crippen molar-refractivity contribution in [2.75, 3.05) is 24.7 Å². The van der Waals surface area contributed by atoms with Crippen LogP contribution in [0.3, 0.4) is 0 Å². The number of furan rings is 1. The molecule has 4 rings (SSSR count). The molecule has 0 unspecified atom stereocenters. The molecule has 2 aromatic heterocycles. The molecule has 0 atom stereocenters. The Morgan fingerprint density at radius 2 is 2.00 bits per heavy atom. The van der Waals surface area contributed by atoms with Crippen LogP contribution in [-0.2, 0) is 14.6 Å². The molecule has 1 aliphatic rings. The zero-order chi connectivity index (χ0) is 20.6. The minimum Gasteiger partial charge on any atom is -0.459 e. The number of hydrogen-bond acceptors (Lipinski definition) is 7.